The minimum absolute atomic E-state index is 0.209. The summed E-state index contributed by atoms with van der Waals surface area (Å²) >= 11 is 1.65. The van der Waals surface area contributed by atoms with Crippen molar-refractivity contribution in [1.29, 1.82) is 0 Å². The molecular formula is C15H17FN2S. The minimum Gasteiger partial charge on any atom is -0.271 e. The maximum absolute atomic E-state index is 13.7. The molecule has 2 nitrogen and oxygen atoms in total. The highest BCUT2D eigenvalue weighted by atomic mass is 32.2. The molecule has 100 valence electrons. The molecule has 0 saturated carbocycles. The van der Waals surface area contributed by atoms with Crippen LogP contribution in [0.3, 0.4) is 0 Å². The first-order chi connectivity index (χ1) is 9.17. The lowest BCUT2D eigenvalue weighted by Crippen LogP contribution is -2.29. The Morgan fingerprint density at radius 2 is 1.95 bits per heavy atom. The zero-order valence-electron chi connectivity index (χ0n) is 11.0. The molecule has 0 amide bonds. The molecule has 0 spiro atoms. The smallest absolute Gasteiger partial charge is 0.126 e. The average molecular weight is 276 g/mol. The summed E-state index contributed by atoms with van der Waals surface area (Å²) in [7, 11) is 0. The minimum atomic E-state index is -0.209. The van der Waals surface area contributed by atoms with Crippen molar-refractivity contribution in [1.82, 2.24) is 5.43 Å². The monoisotopic (exact) mass is 276 g/mol. The van der Waals surface area contributed by atoms with Crippen LogP contribution in [0, 0.1) is 12.7 Å². The van der Waals surface area contributed by atoms with Gasteiger partial charge in [0.25, 0.3) is 0 Å². The largest absolute Gasteiger partial charge is 0.271 e. The number of hydrogen-bond donors (Lipinski definition) is 2. The van der Waals surface area contributed by atoms with Gasteiger partial charge in [0.1, 0.15) is 5.82 Å². The Labute approximate surface area is 117 Å². The van der Waals surface area contributed by atoms with Crippen LogP contribution in [-0.4, -0.2) is 6.26 Å². The number of halogens is 1. The standard InChI is InChI=1S/C15H17FN2S/c1-10-7-8-11(9-13(10)16)15(18-17)12-5-3-4-6-14(12)19-2/h3-9,15,18H,17H2,1-2H3. The van der Waals surface area contributed by atoms with Gasteiger partial charge < -0.3 is 0 Å². The van der Waals surface area contributed by atoms with Crippen molar-refractivity contribution in [2.24, 2.45) is 5.84 Å². The molecule has 0 aromatic heterocycles. The predicted octanol–water partition coefficient (Wildman–Crippen LogP) is 3.41. The molecule has 1 unspecified atom stereocenters. The summed E-state index contributed by atoms with van der Waals surface area (Å²) in [6.07, 6.45) is 2.02. The van der Waals surface area contributed by atoms with Crippen LogP contribution in [0.1, 0.15) is 22.7 Å². The molecule has 0 bridgehead atoms. The lowest BCUT2D eigenvalue weighted by molar-refractivity contribution is 0.596. The molecule has 3 N–H and O–H groups in total. The van der Waals surface area contributed by atoms with Gasteiger partial charge in [-0.1, -0.05) is 30.3 Å². The highest BCUT2D eigenvalue weighted by molar-refractivity contribution is 7.98. The van der Waals surface area contributed by atoms with Crippen molar-refractivity contribution >= 4 is 11.8 Å². The van der Waals surface area contributed by atoms with Gasteiger partial charge in [-0.15, -0.1) is 11.8 Å². The maximum atomic E-state index is 13.7. The molecule has 0 aliphatic rings. The van der Waals surface area contributed by atoms with Crippen LogP contribution in [0.25, 0.3) is 0 Å². The maximum Gasteiger partial charge on any atom is 0.126 e. The zero-order chi connectivity index (χ0) is 13.8. The summed E-state index contributed by atoms with van der Waals surface area (Å²) in [5.74, 6) is 5.46. The van der Waals surface area contributed by atoms with Crippen LogP contribution in [0.4, 0.5) is 4.39 Å². The van der Waals surface area contributed by atoms with E-state index in [9.17, 15) is 4.39 Å². The van der Waals surface area contributed by atoms with Gasteiger partial charge in [0.15, 0.2) is 0 Å². The first-order valence-electron chi connectivity index (χ1n) is 6.02. The van der Waals surface area contributed by atoms with Crippen molar-refractivity contribution < 1.29 is 4.39 Å². The van der Waals surface area contributed by atoms with Gasteiger partial charge in [0.2, 0.25) is 0 Å². The molecule has 4 heteroatoms. The Morgan fingerprint density at radius 1 is 1.21 bits per heavy atom. The van der Waals surface area contributed by atoms with Crippen molar-refractivity contribution in [3.8, 4) is 0 Å². The number of aryl methyl sites for hydroxylation is 1. The number of benzene rings is 2. The van der Waals surface area contributed by atoms with Crippen LogP contribution >= 0.6 is 11.8 Å². The topological polar surface area (TPSA) is 38.0 Å². The molecule has 2 rings (SSSR count). The fraction of sp³-hybridized carbons (Fsp3) is 0.200. The Balaban J connectivity index is 2.46. The van der Waals surface area contributed by atoms with Crippen molar-refractivity contribution in [2.45, 2.75) is 17.9 Å². The van der Waals surface area contributed by atoms with E-state index < -0.39 is 0 Å². The van der Waals surface area contributed by atoms with E-state index in [0.29, 0.717) is 5.56 Å². The van der Waals surface area contributed by atoms with Gasteiger partial charge in [0.05, 0.1) is 6.04 Å². The van der Waals surface area contributed by atoms with Crippen LogP contribution in [0.2, 0.25) is 0 Å². The molecule has 0 radical (unpaired) electrons. The quantitative estimate of drug-likeness (QED) is 0.510. The second-order valence-electron chi connectivity index (χ2n) is 4.35. The zero-order valence-corrected chi connectivity index (χ0v) is 11.8. The number of nitrogens with one attached hydrogen (secondary N) is 1. The second kappa shape index (κ2) is 6.19. The normalized spacial score (nSPS) is 12.4. The molecule has 0 aliphatic heterocycles. The van der Waals surface area contributed by atoms with Gasteiger partial charge in [0, 0.05) is 4.90 Å². The predicted molar refractivity (Wildman–Crippen MR) is 78.5 cm³/mol. The number of thioether (sulfide) groups is 1. The van der Waals surface area contributed by atoms with Gasteiger partial charge in [-0.3, -0.25) is 5.84 Å². The van der Waals surface area contributed by atoms with Crippen molar-refractivity contribution in [2.75, 3.05) is 6.26 Å². The Kier molecular flexibility index (Phi) is 4.58. The molecule has 19 heavy (non-hydrogen) atoms. The SMILES string of the molecule is CSc1ccccc1C(NN)c1ccc(C)c(F)c1. The summed E-state index contributed by atoms with van der Waals surface area (Å²) in [5.41, 5.74) is 5.30. The number of hydrazine groups is 1. The Hall–Kier alpha value is -1.36. The summed E-state index contributed by atoms with van der Waals surface area (Å²) in [6, 6.07) is 13.0. The van der Waals surface area contributed by atoms with E-state index in [1.54, 1.807) is 24.8 Å². The van der Waals surface area contributed by atoms with E-state index in [1.807, 2.05) is 36.6 Å². The van der Waals surface area contributed by atoms with E-state index in [2.05, 4.69) is 5.43 Å². The van der Waals surface area contributed by atoms with Crippen LogP contribution in [0.5, 0.6) is 0 Å². The summed E-state index contributed by atoms with van der Waals surface area (Å²) in [4.78, 5) is 1.13. The van der Waals surface area contributed by atoms with Crippen LogP contribution < -0.4 is 11.3 Å². The molecule has 0 fully saturated rings. The van der Waals surface area contributed by atoms with E-state index in [4.69, 9.17) is 5.84 Å². The lowest BCUT2D eigenvalue weighted by atomic mass is 9.98. The highest BCUT2D eigenvalue weighted by Gasteiger charge is 2.16. The molecule has 0 aliphatic carbocycles. The first kappa shape index (κ1) is 14.1. The first-order valence-corrected chi connectivity index (χ1v) is 7.25. The summed E-state index contributed by atoms with van der Waals surface area (Å²) in [5, 5.41) is 0. The van der Waals surface area contributed by atoms with Crippen LogP contribution in [0.15, 0.2) is 47.4 Å². The molecular weight excluding hydrogens is 259 g/mol. The van der Waals surface area contributed by atoms with Gasteiger partial charge in [-0.05, 0) is 42.0 Å². The molecule has 2 aromatic carbocycles. The average Bonchev–Trinajstić information content (AvgIpc) is 2.44. The van der Waals surface area contributed by atoms with E-state index in [1.165, 1.54) is 6.07 Å². The van der Waals surface area contributed by atoms with E-state index in [-0.39, 0.29) is 11.9 Å². The summed E-state index contributed by atoms with van der Waals surface area (Å²) < 4.78 is 13.7. The van der Waals surface area contributed by atoms with E-state index >= 15 is 0 Å². The highest BCUT2D eigenvalue weighted by Crippen LogP contribution is 2.30. The fourth-order valence-corrected chi connectivity index (χ4v) is 2.70. The van der Waals surface area contributed by atoms with Gasteiger partial charge in [-0.25, -0.2) is 9.82 Å². The summed E-state index contributed by atoms with van der Waals surface area (Å²) in [6.45, 7) is 1.75. The third-order valence-electron chi connectivity index (χ3n) is 3.15. The third-order valence-corrected chi connectivity index (χ3v) is 3.96. The molecule has 1 atom stereocenters. The van der Waals surface area contributed by atoms with Crippen molar-refractivity contribution in [3.05, 3.63) is 65.0 Å². The molecule has 0 saturated heterocycles. The molecule has 0 heterocycles. The third kappa shape index (κ3) is 2.97. The fourth-order valence-electron chi connectivity index (χ4n) is 2.06. The van der Waals surface area contributed by atoms with Crippen molar-refractivity contribution in [3.63, 3.8) is 0 Å². The Bertz CT molecular complexity index is 572. The van der Waals surface area contributed by atoms with Gasteiger partial charge in [-0.2, -0.15) is 0 Å². The second-order valence-corrected chi connectivity index (χ2v) is 5.20. The van der Waals surface area contributed by atoms with Crippen LogP contribution in [-0.2, 0) is 0 Å². The number of hydrogen-bond acceptors (Lipinski definition) is 3. The number of rotatable bonds is 4. The van der Waals surface area contributed by atoms with E-state index in [0.717, 1.165) is 16.0 Å². The Morgan fingerprint density at radius 3 is 2.58 bits per heavy atom. The molecule has 2 aromatic rings. The lowest BCUT2D eigenvalue weighted by Gasteiger charge is -2.20. The van der Waals surface area contributed by atoms with Gasteiger partial charge >= 0.3 is 0 Å². The number of nitrogens with two attached hydrogens (primary N) is 1.